The summed E-state index contributed by atoms with van der Waals surface area (Å²) in [7, 11) is 2.17. The summed E-state index contributed by atoms with van der Waals surface area (Å²) in [5.41, 5.74) is 2.56. The van der Waals surface area contributed by atoms with E-state index in [-0.39, 0.29) is 0 Å². The van der Waals surface area contributed by atoms with Gasteiger partial charge in [0.15, 0.2) is 5.96 Å². The number of hydrogen-bond acceptors (Lipinski definition) is 2. The van der Waals surface area contributed by atoms with Gasteiger partial charge in [-0.1, -0.05) is 31.2 Å². The maximum Gasteiger partial charge on any atom is 0.191 e. The number of aliphatic imine (C=N–C) groups is 1. The van der Waals surface area contributed by atoms with Crippen molar-refractivity contribution in [2.75, 3.05) is 26.7 Å². The first-order valence-electron chi connectivity index (χ1n) is 8.35. The second-order valence-electron chi connectivity index (χ2n) is 5.79. The predicted molar refractivity (Wildman–Crippen MR) is 96.4 cm³/mol. The molecule has 0 aromatic heterocycles. The highest BCUT2D eigenvalue weighted by Crippen LogP contribution is 2.07. The zero-order chi connectivity index (χ0) is 16.4. The van der Waals surface area contributed by atoms with Crippen LogP contribution in [0.2, 0.25) is 0 Å². The Labute approximate surface area is 136 Å². The van der Waals surface area contributed by atoms with Crippen molar-refractivity contribution in [2.24, 2.45) is 4.99 Å². The molecule has 0 amide bonds. The van der Waals surface area contributed by atoms with Crippen LogP contribution in [0.25, 0.3) is 0 Å². The average molecular weight is 304 g/mol. The minimum absolute atomic E-state index is 0.619. The van der Waals surface area contributed by atoms with Gasteiger partial charge in [-0.3, -0.25) is 0 Å². The summed E-state index contributed by atoms with van der Waals surface area (Å²) < 4.78 is 0. The summed E-state index contributed by atoms with van der Waals surface area (Å²) in [6.45, 7) is 12.2. The van der Waals surface area contributed by atoms with Crippen LogP contribution in [0.5, 0.6) is 0 Å². The molecular formula is C18H32N4. The van der Waals surface area contributed by atoms with Gasteiger partial charge in [-0.05, 0) is 45.4 Å². The number of aryl methyl sites for hydroxylation is 1. The van der Waals surface area contributed by atoms with Crippen molar-refractivity contribution < 1.29 is 0 Å². The number of hydrogen-bond donors (Lipinski definition) is 2. The monoisotopic (exact) mass is 304 g/mol. The molecule has 1 aromatic carbocycles. The number of guanidine groups is 1. The molecule has 0 saturated carbocycles. The Bertz CT molecular complexity index is 456. The van der Waals surface area contributed by atoms with E-state index in [1.54, 1.807) is 0 Å². The van der Waals surface area contributed by atoms with E-state index in [0.29, 0.717) is 12.6 Å². The van der Waals surface area contributed by atoms with Gasteiger partial charge in [0.05, 0.1) is 6.54 Å². The van der Waals surface area contributed by atoms with Gasteiger partial charge in [0, 0.05) is 25.7 Å². The molecular weight excluding hydrogens is 272 g/mol. The van der Waals surface area contributed by atoms with Crippen LogP contribution in [-0.4, -0.2) is 43.6 Å². The zero-order valence-electron chi connectivity index (χ0n) is 14.8. The topological polar surface area (TPSA) is 39.7 Å². The maximum absolute atomic E-state index is 4.68. The Hall–Kier alpha value is -1.55. The highest BCUT2D eigenvalue weighted by Gasteiger charge is 2.06. The molecule has 1 atom stereocenters. The molecule has 0 heterocycles. The summed E-state index contributed by atoms with van der Waals surface area (Å²) in [5.74, 6) is 0.892. The molecule has 0 aliphatic rings. The standard InChI is InChI=1S/C18H32N4/c1-6-16(4)22(5)13-12-20-18(19-7-2)21-14-17-11-9-8-10-15(17)3/h8-11,16H,6-7,12-14H2,1-5H3,(H2,19,20,21). The lowest BCUT2D eigenvalue weighted by molar-refractivity contribution is 0.255. The van der Waals surface area contributed by atoms with Crippen molar-refractivity contribution in [1.29, 1.82) is 0 Å². The Morgan fingerprint density at radius 3 is 2.59 bits per heavy atom. The molecule has 22 heavy (non-hydrogen) atoms. The molecule has 124 valence electrons. The van der Waals surface area contributed by atoms with Crippen LogP contribution in [0, 0.1) is 6.92 Å². The first-order valence-corrected chi connectivity index (χ1v) is 8.35. The normalized spacial score (nSPS) is 13.3. The van der Waals surface area contributed by atoms with Crippen molar-refractivity contribution >= 4 is 5.96 Å². The van der Waals surface area contributed by atoms with Crippen molar-refractivity contribution in [3.63, 3.8) is 0 Å². The predicted octanol–water partition coefficient (Wildman–Crippen LogP) is 2.78. The zero-order valence-corrected chi connectivity index (χ0v) is 14.8. The number of nitrogens with zero attached hydrogens (tertiary/aromatic N) is 2. The first kappa shape index (κ1) is 18.5. The fourth-order valence-corrected chi connectivity index (χ4v) is 2.18. The second kappa shape index (κ2) is 10.2. The maximum atomic E-state index is 4.68. The lowest BCUT2D eigenvalue weighted by Gasteiger charge is -2.24. The van der Waals surface area contributed by atoms with Crippen molar-refractivity contribution in [1.82, 2.24) is 15.5 Å². The fraction of sp³-hybridized carbons (Fsp3) is 0.611. The van der Waals surface area contributed by atoms with Gasteiger partial charge in [-0.25, -0.2) is 4.99 Å². The van der Waals surface area contributed by atoms with Crippen LogP contribution < -0.4 is 10.6 Å². The Kier molecular flexibility index (Phi) is 8.60. The SMILES string of the molecule is CCNC(=NCc1ccccc1C)NCCN(C)C(C)CC. The van der Waals surface area contributed by atoms with E-state index in [9.17, 15) is 0 Å². The summed E-state index contributed by atoms with van der Waals surface area (Å²) in [6.07, 6.45) is 1.18. The average Bonchev–Trinajstić information content (AvgIpc) is 2.52. The van der Waals surface area contributed by atoms with Crippen LogP contribution in [-0.2, 0) is 6.54 Å². The molecule has 4 nitrogen and oxygen atoms in total. The largest absolute Gasteiger partial charge is 0.357 e. The van der Waals surface area contributed by atoms with Gasteiger partial charge in [0.25, 0.3) is 0 Å². The smallest absolute Gasteiger partial charge is 0.191 e. The molecule has 1 aromatic rings. The molecule has 0 aliphatic heterocycles. The molecule has 0 aliphatic carbocycles. The molecule has 4 heteroatoms. The van der Waals surface area contributed by atoms with Gasteiger partial charge in [0.1, 0.15) is 0 Å². The number of benzene rings is 1. The Morgan fingerprint density at radius 1 is 1.23 bits per heavy atom. The lowest BCUT2D eigenvalue weighted by Crippen LogP contribution is -2.42. The van der Waals surface area contributed by atoms with Gasteiger partial charge in [-0.15, -0.1) is 0 Å². The highest BCUT2D eigenvalue weighted by atomic mass is 15.2. The molecule has 1 rings (SSSR count). The van der Waals surface area contributed by atoms with E-state index in [1.165, 1.54) is 17.5 Å². The minimum Gasteiger partial charge on any atom is -0.357 e. The Morgan fingerprint density at radius 2 is 1.95 bits per heavy atom. The quantitative estimate of drug-likeness (QED) is 0.573. The van der Waals surface area contributed by atoms with E-state index in [2.05, 4.69) is 79.5 Å². The van der Waals surface area contributed by atoms with E-state index < -0.39 is 0 Å². The van der Waals surface area contributed by atoms with E-state index in [1.807, 2.05) is 0 Å². The molecule has 0 radical (unpaired) electrons. The highest BCUT2D eigenvalue weighted by molar-refractivity contribution is 5.79. The Balaban J connectivity index is 2.51. The third-order valence-corrected chi connectivity index (χ3v) is 4.11. The van der Waals surface area contributed by atoms with Crippen LogP contribution >= 0.6 is 0 Å². The minimum atomic E-state index is 0.619. The third-order valence-electron chi connectivity index (χ3n) is 4.11. The number of nitrogens with one attached hydrogen (secondary N) is 2. The molecule has 1 unspecified atom stereocenters. The van der Waals surface area contributed by atoms with Crippen LogP contribution in [0.3, 0.4) is 0 Å². The second-order valence-corrected chi connectivity index (χ2v) is 5.79. The number of likely N-dealkylation sites (N-methyl/N-ethyl adjacent to an activating group) is 1. The molecule has 2 N–H and O–H groups in total. The first-order chi connectivity index (χ1) is 10.6. The molecule has 0 bridgehead atoms. The summed E-state index contributed by atoms with van der Waals surface area (Å²) in [4.78, 5) is 7.06. The van der Waals surface area contributed by atoms with Crippen LogP contribution in [0.1, 0.15) is 38.3 Å². The summed E-state index contributed by atoms with van der Waals surface area (Å²) >= 11 is 0. The van der Waals surface area contributed by atoms with E-state index in [4.69, 9.17) is 0 Å². The van der Waals surface area contributed by atoms with Crippen molar-refractivity contribution in [3.05, 3.63) is 35.4 Å². The number of rotatable bonds is 8. The molecule has 0 spiro atoms. The van der Waals surface area contributed by atoms with E-state index >= 15 is 0 Å². The van der Waals surface area contributed by atoms with Gasteiger partial charge < -0.3 is 15.5 Å². The van der Waals surface area contributed by atoms with Crippen LogP contribution in [0.4, 0.5) is 0 Å². The summed E-state index contributed by atoms with van der Waals surface area (Å²) in [6, 6.07) is 9.02. The van der Waals surface area contributed by atoms with E-state index in [0.717, 1.165) is 25.6 Å². The van der Waals surface area contributed by atoms with Crippen molar-refractivity contribution in [2.45, 2.75) is 46.7 Å². The van der Waals surface area contributed by atoms with Crippen LogP contribution in [0.15, 0.2) is 29.3 Å². The van der Waals surface area contributed by atoms with Crippen molar-refractivity contribution in [3.8, 4) is 0 Å². The van der Waals surface area contributed by atoms with Gasteiger partial charge >= 0.3 is 0 Å². The van der Waals surface area contributed by atoms with Gasteiger partial charge in [0.2, 0.25) is 0 Å². The molecule has 0 saturated heterocycles. The molecule has 0 fully saturated rings. The fourth-order valence-electron chi connectivity index (χ4n) is 2.18. The summed E-state index contributed by atoms with van der Waals surface area (Å²) in [5, 5.41) is 6.73. The lowest BCUT2D eigenvalue weighted by atomic mass is 10.1. The third kappa shape index (κ3) is 6.48. The van der Waals surface area contributed by atoms with Gasteiger partial charge in [-0.2, -0.15) is 0 Å².